The van der Waals surface area contributed by atoms with E-state index in [0.29, 0.717) is 96.8 Å². The minimum Gasteiger partial charge on any atom is -0.550 e. The predicted octanol–water partition coefficient (Wildman–Crippen LogP) is 7.13. The Morgan fingerprint density at radius 2 is 1.40 bits per heavy atom. The third kappa shape index (κ3) is 17.1. The number of allylic oxidation sites excluding steroid dienone is 5. The molecule has 8 aliphatic carbocycles. The van der Waals surface area contributed by atoms with Crippen molar-refractivity contribution in [3.63, 3.8) is 0 Å². The van der Waals surface area contributed by atoms with Crippen molar-refractivity contribution in [3.8, 4) is 17.0 Å². The first-order chi connectivity index (χ1) is 48.3. The molecule has 5 saturated carbocycles. The number of nitrogens with two attached hydrogens (primary N) is 8. The van der Waals surface area contributed by atoms with Crippen LogP contribution in [0.25, 0.3) is 22.4 Å². The third-order valence-corrected chi connectivity index (χ3v) is 26.6. The summed E-state index contributed by atoms with van der Waals surface area (Å²) in [5.74, 6) is 1.44. The second kappa shape index (κ2) is 33.1. The van der Waals surface area contributed by atoms with Crippen LogP contribution in [0, 0.1) is 60.7 Å². The van der Waals surface area contributed by atoms with Crippen LogP contribution < -0.4 is 102 Å². The smallest absolute Gasteiger partial charge is 0.550 e. The van der Waals surface area contributed by atoms with Gasteiger partial charge < -0.3 is 70.7 Å². The van der Waals surface area contributed by atoms with E-state index in [9.17, 15) is 44.1 Å². The quantitative estimate of drug-likeness (QED) is 0.0255. The number of aliphatic carboxylic acids is 1. The zero-order valence-corrected chi connectivity index (χ0v) is 68.8. The fraction of sp³-hybridized carbons (Fsp3) is 0.533. The molecule has 3 aromatic heterocycles. The molecule has 6 fully saturated rings. The maximum absolute atomic E-state index is 12.2. The summed E-state index contributed by atoms with van der Waals surface area (Å²) >= 11 is 9.18. The Labute approximate surface area is 684 Å². The van der Waals surface area contributed by atoms with Gasteiger partial charge in [-0.1, -0.05) is 126 Å². The van der Waals surface area contributed by atoms with Gasteiger partial charge in [0.25, 0.3) is 0 Å². The standard InChI is InChI=1S/C24H32O4S.C22H30O4.C12H11N7.C11H16INO.C6H8ClN7O.ClH.K/c1-14(25)29-19-13-15-12-16(26)4-8-22(15,2)17-5-9-23(3)18(21(17)19)6-10-24(23)11-7-20(27)28-24;1-20-9-5-15(23)13-14(20)3-4-16-17(20)6-10-21(2)18(16)7-11-22(21,26)12-8-19(24)25;13-9-7(6-4-2-1-3-5-6)16-8-10(14)18-12(15)19-11(8)17-9;1-11(2,3)8-4-7(6-13)10(14)9(12)5-8;7-2-4(9)13-3(8)1(12-2)5(15)14-6(10)11;;/h12,17-19,21H,4-11,13H2,1-3H3;3-4,13,16-18,26H,5-12H2,1-2H3,(H,24,25);1-5H,(H6,13,14,15,17,18,19);4-5,14H,6,13H2,1-3H3;(H4,8,9,13)(H4,10,11,14,15);1H;/q;;;;;;+1/p-1. The number of benzene rings is 2. The van der Waals surface area contributed by atoms with E-state index < -0.39 is 23.4 Å². The van der Waals surface area contributed by atoms with Gasteiger partial charge in [-0.3, -0.25) is 24.0 Å². The van der Waals surface area contributed by atoms with Gasteiger partial charge in [0.2, 0.25) is 5.95 Å². The molecule has 14 rings (SSSR count). The second-order valence-electron chi connectivity index (χ2n) is 31.0. The molecular weight excluding hydrogens is 1540 g/mol. The first-order valence-corrected chi connectivity index (χ1v) is 37.5. The maximum Gasteiger partial charge on any atom is 1.00 e. The van der Waals surface area contributed by atoms with Crippen molar-refractivity contribution >= 4 is 139 Å². The number of rotatable bonds is 7. The molecule has 18 N–H and O–H groups in total. The van der Waals surface area contributed by atoms with Crippen LogP contribution in [0.3, 0.4) is 0 Å². The van der Waals surface area contributed by atoms with E-state index in [2.05, 4.69) is 118 Å². The molecule has 105 heavy (non-hydrogen) atoms. The molecule has 0 bridgehead atoms. The number of hydrogen-bond acceptors (Lipinski definition) is 23. The monoisotopic (exact) mass is 1640 g/mol. The van der Waals surface area contributed by atoms with Crippen molar-refractivity contribution in [2.45, 2.75) is 193 Å². The van der Waals surface area contributed by atoms with Gasteiger partial charge in [-0.05, 0) is 199 Å². The van der Waals surface area contributed by atoms with Crippen molar-refractivity contribution in [2.24, 2.45) is 79.4 Å². The number of hydrogen-bond donors (Lipinski definition) is 10. The number of esters is 1. The molecule has 13 atom stereocenters. The number of carbonyl (C=O) groups excluding carboxylic acids is 6. The third-order valence-electron chi connectivity index (χ3n) is 24.4. The molecule has 25 nitrogen and oxygen atoms in total. The van der Waals surface area contributed by atoms with Crippen LogP contribution in [-0.2, 0) is 40.7 Å². The Kier molecular flexibility index (Phi) is 26.7. The van der Waals surface area contributed by atoms with Gasteiger partial charge >= 0.3 is 63.3 Å². The minimum atomic E-state index is -1.08. The molecule has 1 aliphatic heterocycles. The summed E-state index contributed by atoms with van der Waals surface area (Å²) in [4.78, 5) is 97.4. The molecule has 1 spiro atoms. The number of thioether (sulfide) groups is 1. The average Bonchev–Trinajstić information content (AvgIpc) is 1.62. The molecule has 13 unspecified atom stereocenters. The number of carboxylic acid groups (broad SMARTS) is 1. The van der Waals surface area contributed by atoms with Gasteiger partial charge in [0.1, 0.15) is 17.0 Å². The number of fused-ring (bicyclic) bond motifs is 12. The Morgan fingerprint density at radius 3 is 2.03 bits per heavy atom. The van der Waals surface area contributed by atoms with Gasteiger partial charge in [0.05, 0.1) is 9.17 Å². The number of nitrogens with zero attached hydrogens (tertiary/aromatic N) is 7. The summed E-state index contributed by atoms with van der Waals surface area (Å²) in [5.41, 5.74) is 48.6. The number of guanidine groups is 1. The summed E-state index contributed by atoms with van der Waals surface area (Å²) in [6, 6.07) is 13.5. The number of carbonyl (C=O) groups is 6. The summed E-state index contributed by atoms with van der Waals surface area (Å²) in [5, 5.41) is 32.3. The number of anilines is 5. The van der Waals surface area contributed by atoms with Gasteiger partial charge in [-0.15, -0.1) is 12.4 Å². The number of halogens is 3. The number of carboxylic acids is 1. The largest absolute Gasteiger partial charge is 1.00 e. The topological polar surface area (TPSA) is 473 Å². The molecule has 30 heteroatoms. The van der Waals surface area contributed by atoms with E-state index in [4.69, 9.17) is 62.2 Å². The summed E-state index contributed by atoms with van der Waals surface area (Å²) in [6.45, 7) is 17.7. The Bertz CT molecular complexity index is 4340. The number of ether oxygens (including phenoxy) is 1. The molecule has 2 aromatic carbocycles. The van der Waals surface area contributed by atoms with E-state index in [1.807, 2.05) is 54.6 Å². The van der Waals surface area contributed by atoms with Crippen molar-refractivity contribution in [1.29, 1.82) is 0 Å². The zero-order valence-electron chi connectivity index (χ0n) is 61.1. The van der Waals surface area contributed by atoms with Gasteiger partial charge in [0.15, 0.2) is 67.9 Å². The number of nitrogen functional groups attached to an aromatic ring is 5. The van der Waals surface area contributed by atoms with Crippen LogP contribution >= 0.6 is 58.4 Å². The molecule has 9 aliphatic rings. The second-order valence-corrected chi connectivity index (χ2v) is 34.0. The summed E-state index contributed by atoms with van der Waals surface area (Å²) in [7, 11) is 0. The Balaban J connectivity index is 0.000000170. The zero-order chi connectivity index (χ0) is 75.3. The van der Waals surface area contributed by atoms with E-state index >= 15 is 0 Å². The maximum atomic E-state index is 12.2. The molecule has 4 heterocycles. The number of phenols is 1. The normalized spacial score (nSPS) is 29.9. The SMILES string of the molecule is CC(=O)SC1CC2=CC(=O)CCC2(C)C2CCC3(C)C(CCC34CCC(=O)O4)C12.CC(C)(C)c1cc(I)c(O)c(CN)c1.CC12CCC(=O)C=C1C=CC1C2CCC2(C)C1CCC2(O)CCC(=O)[O-].Cl.NC(N)=NC(=O)c1nc(Cl)c(N)nc1N.Nc1nc(N)c2nc(-c3ccccc3)c(N)nc2n1.[K+]. The van der Waals surface area contributed by atoms with E-state index in [0.717, 1.165) is 85.3 Å². The van der Waals surface area contributed by atoms with Crippen molar-refractivity contribution < 1.29 is 100 Å². The Hall–Kier alpha value is -5.93. The van der Waals surface area contributed by atoms with Crippen LogP contribution in [0.4, 0.5) is 29.2 Å². The van der Waals surface area contributed by atoms with Gasteiger partial charge in [-0.2, -0.15) is 15.0 Å². The summed E-state index contributed by atoms with van der Waals surface area (Å²) in [6.07, 6.45) is 21.6. The molecular formula is C75H97Cl2IKN15O10S. The predicted molar refractivity (Wildman–Crippen MR) is 412 cm³/mol. The van der Waals surface area contributed by atoms with Crippen LogP contribution in [0.15, 0.2) is 82.9 Å². The number of aromatic nitrogens is 6. The van der Waals surface area contributed by atoms with Crippen molar-refractivity contribution in [2.75, 3.05) is 28.7 Å². The fourth-order valence-corrected chi connectivity index (χ4v) is 20.8. The molecule has 5 aromatic rings. The van der Waals surface area contributed by atoms with E-state index in [1.165, 1.54) is 28.5 Å². The van der Waals surface area contributed by atoms with Crippen molar-refractivity contribution in [1.82, 2.24) is 29.9 Å². The number of amides is 1. The van der Waals surface area contributed by atoms with Crippen LogP contribution in [0.1, 0.15) is 186 Å². The molecule has 1 amide bonds. The van der Waals surface area contributed by atoms with E-state index in [-0.39, 0.29) is 171 Å². The molecule has 0 radical (unpaired) electrons. The van der Waals surface area contributed by atoms with Gasteiger partial charge in [0, 0.05) is 60.5 Å². The van der Waals surface area contributed by atoms with Crippen LogP contribution in [0.5, 0.6) is 5.75 Å². The molecule has 1 saturated heterocycles. The first-order valence-electron chi connectivity index (χ1n) is 35.1. The van der Waals surface area contributed by atoms with Crippen LogP contribution in [0.2, 0.25) is 5.15 Å². The minimum absolute atomic E-state index is 0. The Morgan fingerprint density at radius 1 is 0.762 bits per heavy atom. The van der Waals surface area contributed by atoms with Gasteiger partial charge in [-0.25, -0.2) is 19.9 Å². The molecule has 560 valence electrons. The number of phenolic OH excluding ortho intramolecular Hbond substituents is 1. The number of ketones is 2. The summed E-state index contributed by atoms with van der Waals surface area (Å²) < 4.78 is 6.93. The fourth-order valence-electron chi connectivity index (χ4n) is 18.8. The number of aromatic hydroxyl groups is 1. The number of aliphatic imine (C=N–C) groups is 1. The van der Waals surface area contributed by atoms with Crippen LogP contribution in [-0.4, -0.2) is 97.1 Å². The van der Waals surface area contributed by atoms with E-state index in [1.54, 1.807) is 6.92 Å². The number of aliphatic hydroxyl groups is 1. The first kappa shape index (κ1) is 84.7. The van der Waals surface area contributed by atoms with Crippen molar-refractivity contribution in [3.05, 3.63) is 103 Å². The average molecular weight is 1640 g/mol.